The van der Waals surface area contributed by atoms with Gasteiger partial charge in [-0.15, -0.1) is 0 Å². The SMILES string of the molecule is CC(C)CCC(C)NC(=O)N1CC(C)(OCC(=O)O)C1. The highest BCUT2D eigenvalue weighted by Gasteiger charge is 2.42. The first-order valence-electron chi connectivity index (χ1n) is 7.13. The van der Waals surface area contributed by atoms with Gasteiger partial charge in [0.2, 0.25) is 0 Å². The number of carbonyl (C=O) groups is 2. The molecule has 1 fully saturated rings. The molecule has 2 amide bonds. The van der Waals surface area contributed by atoms with Crippen molar-refractivity contribution in [3.63, 3.8) is 0 Å². The molecule has 0 spiro atoms. The van der Waals surface area contributed by atoms with Gasteiger partial charge in [0.1, 0.15) is 12.2 Å². The molecule has 1 unspecified atom stereocenters. The molecule has 6 nitrogen and oxygen atoms in total. The van der Waals surface area contributed by atoms with Crippen LogP contribution in [0.4, 0.5) is 4.79 Å². The van der Waals surface area contributed by atoms with Crippen molar-refractivity contribution in [3.8, 4) is 0 Å². The first-order chi connectivity index (χ1) is 9.22. The molecule has 0 radical (unpaired) electrons. The quantitative estimate of drug-likeness (QED) is 0.746. The van der Waals surface area contributed by atoms with Crippen LogP contribution in [0.3, 0.4) is 0 Å². The van der Waals surface area contributed by atoms with Crippen molar-refractivity contribution >= 4 is 12.0 Å². The summed E-state index contributed by atoms with van der Waals surface area (Å²) in [6.45, 7) is 8.69. The molecule has 0 saturated carbocycles. The van der Waals surface area contributed by atoms with Crippen molar-refractivity contribution in [1.29, 1.82) is 0 Å². The van der Waals surface area contributed by atoms with Crippen LogP contribution in [0.25, 0.3) is 0 Å². The van der Waals surface area contributed by atoms with Crippen LogP contribution in [0.1, 0.15) is 40.5 Å². The van der Waals surface area contributed by atoms with E-state index in [0.29, 0.717) is 19.0 Å². The molecule has 0 aromatic carbocycles. The Kier molecular flexibility index (Phi) is 5.80. The first-order valence-corrected chi connectivity index (χ1v) is 7.13. The Labute approximate surface area is 120 Å². The van der Waals surface area contributed by atoms with E-state index in [0.717, 1.165) is 12.8 Å². The summed E-state index contributed by atoms with van der Waals surface area (Å²) in [6, 6.07) is 0.0503. The van der Waals surface area contributed by atoms with Crippen molar-refractivity contribution in [2.24, 2.45) is 5.92 Å². The van der Waals surface area contributed by atoms with Gasteiger partial charge in [0.05, 0.1) is 13.1 Å². The third kappa shape index (κ3) is 5.36. The maximum absolute atomic E-state index is 11.9. The average Bonchev–Trinajstić information content (AvgIpc) is 2.30. The molecule has 1 aliphatic rings. The molecule has 1 atom stereocenters. The van der Waals surface area contributed by atoms with Crippen LogP contribution in [0.5, 0.6) is 0 Å². The highest BCUT2D eigenvalue weighted by Crippen LogP contribution is 2.24. The van der Waals surface area contributed by atoms with Gasteiger partial charge in [0.15, 0.2) is 0 Å². The zero-order valence-electron chi connectivity index (χ0n) is 12.8. The minimum Gasteiger partial charge on any atom is -0.480 e. The predicted octanol–water partition coefficient (Wildman–Crippen LogP) is 1.70. The summed E-state index contributed by atoms with van der Waals surface area (Å²) in [6.07, 6.45) is 2.05. The summed E-state index contributed by atoms with van der Waals surface area (Å²) in [5, 5.41) is 11.5. The first kappa shape index (κ1) is 16.8. The Morgan fingerprint density at radius 2 is 1.90 bits per heavy atom. The number of likely N-dealkylation sites (tertiary alicyclic amines) is 1. The molecule has 1 saturated heterocycles. The van der Waals surface area contributed by atoms with E-state index < -0.39 is 11.6 Å². The lowest BCUT2D eigenvalue weighted by Gasteiger charge is -2.47. The second-order valence-electron chi connectivity index (χ2n) is 6.31. The molecule has 6 heteroatoms. The van der Waals surface area contributed by atoms with Gasteiger partial charge < -0.3 is 20.1 Å². The number of carboxylic acid groups (broad SMARTS) is 1. The van der Waals surface area contributed by atoms with Gasteiger partial charge in [0.25, 0.3) is 0 Å². The van der Waals surface area contributed by atoms with E-state index in [1.165, 1.54) is 0 Å². The van der Waals surface area contributed by atoms with Gasteiger partial charge in [-0.25, -0.2) is 9.59 Å². The summed E-state index contributed by atoms with van der Waals surface area (Å²) < 4.78 is 5.27. The summed E-state index contributed by atoms with van der Waals surface area (Å²) in [5.74, 6) is -0.359. The Balaban J connectivity index is 2.25. The number of nitrogens with one attached hydrogen (secondary N) is 1. The molecular formula is C14H26N2O4. The minimum absolute atomic E-state index is 0.0994. The van der Waals surface area contributed by atoms with E-state index in [1.807, 2.05) is 13.8 Å². The molecule has 1 rings (SSSR count). The minimum atomic E-state index is -0.989. The van der Waals surface area contributed by atoms with Crippen LogP contribution in [0.15, 0.2) is 0 Å². The van der Waals surface area contributed by atoms with Gasteiger partial charge >= 0.3 is 12.0 Å². The summed E-state index contributed by atoms with van der Waals surface area (Å²) >= 11 is 0. The van der Waals surface area contributed by atoms with Crippen molar-refractivity contribution in [1.82, 2.24) is 10.2 Å². The molecule has 1 aliphatic heterocycles. The summed E-state index contributed by atoms with van der Waals surface area (Å²) in [5.41, 5.74) is -0.531. The van der Waals surface area contributed by atoms with Crippen molar-refractivity contribution in [2.45, 2.75) is 52.2 Å². The second kappa shape index (κ2) is 6.92. The lowest BCUT2D eigenvalue weighted by Crippen LogP contribution is -2.65. The van der Waals surface area contributed by atoms with E-state index in [1.54, 1.807) is 4.90 Å². The average molecular weight is 286 g/mol. The Bertz CT molecular complexity index is 351. The number of rotatable bonds is 7. The number of nitrogens with zero attached hydrogens (tertiary/aromatic N) is 1. The number of hydrogen-bond donors (Lipinski definition) is 2. The van der Waals surface area contributed by atoms with Crippen LogP contribution in [0, 0.1) is 5.92 Å². The zero-order valence-corrected chi connectivity index (χ0v) is 12.8. The van der Waals surface area contributed by atoms with E-state index in [9.17, 15) is 9.59 Å². The Hall–Kier alpha value is -1.30. The van der Waals surface area contributed by atoms with Crippen LogP contribution in [-0.4, -0.2) is 53.3 Å². The standard InChI is InChI=1S/C14H26N2O4/c1-10(2)5-6-11(3)15-13(19)16-8-14(4,9-16)20-7-12(17)18/h10-11H,5-9H2,1-4H3,(H,15,19)(H,17,18). The fraction of sp³-hybridized carbons (Fsp3) is 0.857. The fourth-order valence-electron chi connectivity index (χ4n) is 2.19. The van der Waals surface area contributed by atoms with Crippen molar-refractivity contribution in [3.05, 3.63) is 0 Å². The third-order valence-electron chi connectivity index (χ3n) is 3.43. The van der Waals surface area contributed by atoms with Gasteiger partial charge in [-0.1, -0.05) is 13.8 Å². The topological polar surface area (TPSA) is 78.9 Å². The number of urea groups is 1. The normalized spacial score (nSPS) is 18.6. The number of carbonyl (C=O) groups excluding carboxylic acids is 1. The van der Waals surface area contributed by atoms with Gasteiger partial charge in [0, 0.05) is 6.04 Å². The summed E-state index contributed by atoms with van der Waals surface area (Å²) in [4.78, 5) is 24.1. The van der Waals surface area contributed by atoms with Crippen LogP contribution < -0.4 is 5.32 Å². The van der Waals surface area contributed by atoms with Gasteiger partial charge in [-0.3, -0.25) is 0 Å². The molecule has 20 heavy (non-hydrogen) atoms. The highest BCUT2D eigenvalue weighted by atomic mass is 16.5. The maximum atomic E-state index is 11.9. The highest BCUT2D eigenvalue weighted by molar-refractivity contribution is 5.75. The molecule has 0 bridgehead atoms. The van der Waals surface area contributed by atoms with Crippen LogP contribution in [0.2, 0.25) is 0 Å². The molecular weight excluding hydrogens is 260 g/mol. The number of carboxylic acids is 1. The molecule has 1 heterocycles. The predicted molar refractivity (Wildman–Crippen MR) is 75.6 cm³/mol. The Morgan fingerprint density at radius 1 is 1.30 bits per heavy atom. The van der Waals surface area contributed by atoms with E-state index in [2.05, 4.69) is 19.2 Å². The van der Waals surface area contributed by atoms with Gasteiger partial charge in [-0.05, 0) is 32.6 Å². The van der Waals surface area contributed by atoms with Crippen LogP contribution >= 0.6 is 0 Å². The second-order valence-corrected chi connectivity index (χ2v) is 6.31. The van der Waals surface area contributed by atoms with Crippen molar-refractivity contribution < 1.29 is 19.4 Å². The van der Waals surface area contributed by atoms with E-state index >= 15 is 0 Å². The molecule has 0 aliphatic carbocycles. The van der Waals surface area contributed by atoms with Gasteiger partial charge in [-0.2, -0.15) is 0 Å². The third-order valence-corrected chi connectivity index (χ3v) is 3.43. The summed E-state index contributed by atoms with van der Waals surface area (Å²) in [7, 11) is 0. The lowest BCUT2D eigenvalue weighted by molar-refractivity contribution is -0.159. The Morgan fingerprint density at radius 3 is 2.40 bits per heavy atom. The molecule has 116 valence electrons. The largest absolute Gasteiger partial charge is 0.480 e. The molecule has 0 aromatic heterocycles. The van der Waals surface area contributed by atoms with E-state index in [4.69, 9.17) is 9.84 Å². The lowest BCUT2D eigenvalue weighted by atomic mass is 9.97. The fourth-order valence-corrected chi connectivity index (χ4v) is 2.19. The molecule has 2 N–H and O–H groups in total. The molecule has 0 aromatic rings. The number of aliphatic carboxylic acids is 1. The number of hydrogen-bond acceptors (Lipinski definition) is 3. The number of ether oxygens (including phenoxy) is 1. The van der Waals surface area contributed by atoms with Crippen molar-refractivity contribution in [2.75, 3.05) is 19.7 Å². The number of amides is 2. The zero-order chi connectivity index (χ0) is 15.3. The monoisotopic (exact) mass is 286 g/mol. The smallest absolute Gasteiger partial charge is 0.329 e. The maximum Gasteiger partial charge on any atom is 0.329 e. The van der Waals surface area contributed by atoms with E-state index in [-0.39, 0.29) is 18.7 Å². The van der Waals surface area contributed by atoms with Crippen LogP contribution in [-0.2, 0) is 9.53 Å².